The second-order valence-corrected chi connectivity index (χ2v) is 6.85. The molecule has 2 rings (SSSR count). The van der Waals surface area contributed by atoms with Crippen molar-refractivity contribution in [3.05, 3.63) is 18.2 Å². The molecule has 1 aromatic carbocycles. The number of para-hydroxylation sites is 1. The van der Waals surface area contributed by atoms with Gasteiger partial charge in [-0.05, 0) is 64.4 Å². The third-order valence-corrected chi connectivity index (χ3v) is 4.33. The lowest BCUT2D eigenvalue weighted by Crippen LogP contribution is -2.40. The van der Waals surface area contributed by atoms with Crippen molar-refractivity contribution in [1.82, 2.24) is 4.90 Å². The van der Waals surface area contributed by atoms with Gasteiger partial charge in [-0.3, -0.25) is 0 Å². The molecule has 0 bridgehead atoms. The summed E-state index contributed by atoms with van der Waals surface area (Å²) in [7, 11) is 2.19. The van der Waals surface area contributed by atoms with E-state index in [0.717, 1.165) is 18.0 Å². The molecule has 3 N–H and O–H groups in total. The first-order valence-corrected chi connectivity index (χ1v) is 7.87. The summed E-state index contributed by atoms with van der Waals surface area (Å²) in [6.07, 6.45) is 2.57. The Kier molecular flexibility index (Phi) is 4.99. The van der Waals surface area contributed by atoms with E-state index in [0.29, 0.717) is 11.1 Å². The summed E-state index contributed by atoms with van der Waals surface area (Å²) >= 11 is 0. The van der Waals surface area contributed by atoms with Gasteiger partial charge in [-0.1, -0.05) is 13.0 Å². The Morgan fingerprint density at radius 2 is 2.00 bits per heavy atom. The minimum Gasteiger partial charge on any atom is -0.489 e. The molecule has 21 heavy (non-hydrogen) atoms. The van der Waals surface area contributed by atoms with Crippen molar-refractivity contribution in [1.29, 1.82) is 0 Å². The normalized spacial score (nSPS) is 18.7. The minimum atomic E-state index is 0.133. The standard InChI is InChI=1S/C17H29N3O/c1-13(2)21-15-7-5-6-14(16(15)18)19-12-17(3)8-10-20(4)11-9-17/h5-7,13,19H,8-12,18H2,1-4H3. The highest BCUT2D eigenvalue weighted by atomic mass is 16.5. The first-order valence-electron chi connectivity index (χ1n) is 7.87. The third kappa shape index (κ3) is 4.27. The lowest BCUT2D eigenvalue weighted by atomic mass is 9.80. The van der Waals surface area contributed by atoms with Crippen LogP contribution < -0.4 is 15.8 Å². The number of piperidine rings is 1. The van der Waals surface area contributed by atoms with Gasteiger partial charge in [0.25, 0.3) is 0 Å². The second kappa shape index (κ2) is 6.56. The van der Waals surface area contributed by atoms with Crippen LogP contribution in [0.1, 0.15) is 33.6 Å². The molecule has 0 amide bonds. The molecule has 0 aromatic heterocycles. The van der Waals surface area contributed by atoms with Crippen LogP contribution in [-0.4, -0.2) is 37.7 Å². The topological polar surface area (TPSA) is 50.5 Å². The van der Waals surface area contributed by atoms with Crippen molar-refractivity contribution in [2.24, 2.45) is 5.41 Å². The Bertz CT molecular complexity index is 465. The lowest BCUT2D eigenvalue weighted by Gasteiger charge is -2.38. The number of ether oxygens (including phenoxy) is 1. The van der Waals surface area contributed by atoms with Gasteiger partial charge in [0.2, 0.25) is 0 Å². The quantitative estimate of drug-likeness (QED) is 0.818. The van der Waals surface area contributed by atoms with E-state index in [1.165, 1.54) is 25.9 Å². The molecule has 1 aromatic rings. The van der Waals surface area contributed by atoms with Crippen molar-refractivity contribution in [2.45, 2.75) is 39.7 Å². The molecule has 0 aliphatic carbocycles. The maximum atomic E-state index is 6.22. The molecule has 0 saturated carbocycles. The average Bonchev–Trinajstić information content (AvgIpc) is 2.43. The maximum absolute atomic E-state index is 6.22. The summed E-state index contributed by atoms with van der Waals surface area (Å²) in [6.45, 7) is 9.68. The van der Waals surface area contributed by atoms with Gasteiger partial charge >= 0.3 is 0 Å². The Morgan fingerprint density at radius 3 is 2.62 bits per heavy atom. The Balaban J connectivity index is 2.00. The molecular weight excluding hydrogens is 262 g/mol. The van der Waals surface area contributed by atoms with E-state index in [4.69, 9.17) is 10.5 Å². The Morgan fingerprint density at radius 1 is 1.33 bits per heavy atom. The van der Waals surface area contributed by atoms with E-state index in [9.17, 15) is 0 Å². The average molecular weight is 291 g/mol. The van der Waals surface area contributed by atoms with E-state index in [1.807, 2.05) is 32.0 Å². The van der Waals surface area contributed by atoms with Gasteiger partial charge in [0.15, 0.2) is 0 Å². The van der Waals surface area contributed by atoms with Crippen LogP contribution in [0.5, 0.6) is 5.75 Å². The predicted octanol–water partition coefficient (Wildman–Crippen LogP) is 3.20. The Labute approximate surface area is 128 Å². The number of nitrogens with zero attached hydrogens (tertiary/aromatic N) is 1. The summed E-state index contributed by atoms with van der Waals surface area (Å²) in [6, 6.07) is 5.95. The van der Waals surface area contributed by atoms with Crippen LogP contribution in [0.4, 0.5) is 11.4 Å². The van der Waals surface area contributed by atoms with Crippen LogP contribution in [0.2, 0.25) is 0 Å². The third-order valence-electron chi connectivity index (χ3n) is 4.33. The molecule has 1 saturated heterocycles. The fourth-order valence-corrected chi connectivity index (χ4v) is 2.70. The number of nitrogen functional groups attached to an aromatic ring is 1. The fourth-order valence-electron chi connectivity index (χ4n) is 2.70. The number of nitrogens with two attached hydrogens (primary N) is 1. The lowest BCUT2D eigenvalue weighted by molar-refractivity contribution is 0.150. The van der Waals surface area contributed by atoms with Gasteiger partial charge in [-0.2, -0.15) is 0 Å². The summed E-state index contributed by atoms with van der Waals surface area (Å²) in [5, 5.41) is 3.53. The van der Waals surface area contributed by atoms with Crippen LogP contribution >= 0.6 is 0 Å². The number of hydrogen-bond acceptors (Lipinski definition) is 4. The number of nitrogens with one attached hydrogen (secondary N) is 1. The monoisotopic (exact) mass is 291 g/mol. The van der Waals surface area contributed by atoms with Gasteiger partial charge in [0, 0.05) is 6.54 Å². The van der Waals surface area contributed by atoms with Gasteiger partial charge in [-0.25, -0.2) is 0 Å². The van der Waals surface area contributed by atoms with Gasteiger partial charge < -0.3 is 20.7 Å². The number of anilines is 2. The van der Waals surface area contributed by atoms with Crippen molar-refractivity contribution in [2.75, 3.05) is 37.7 Å². The SMILES string of the molecule is CC(C)Oc1cccc(NCC2(C)CCN(C)CC2)c1N. The predicted molar refractivity (Wildman–Crippen MR) is 89.9 cm³/mol. The molecular formula is C17H29N3O. The van der Waals surface area contributed by atoms with Crippen LogP contribution in [0, 0.1) is 5.41 Å². The summed E-state index contributed by atoms with van der Waals surface area (Å²) in [5.41, 5.74) is 8.25. The second-order valence-electron chi connectivity index (χ2n) is 6.85. The van der Waals surface area contributed by atoms with E-state index in [1.54, 1.807) is 0 Å². The van der Waals surface area contributed by atoms with Gasteiger partial charge in [0.05, 0.1) is 17.5 Å². The smallest absolute Gasteiger partial charge is 0.144 e. The fraction of sp³-hybridized carbons (Fsp3) is 0.647. The van der Waals surface area contributed by atoms with Crippen molar-refractivity contribution in [3.63, 3.8) is 0 Å². The van der Waals surface area contributed by atoms with Crippen molar-refractivity contribution in [3.8, 4) is 5.75 Å². The Hall–Kier alpha value is -1.42. The van der Waals surface area contributed by atoms with E-state index in [2.05, 4.69) is 24.2 Å². The molecule has 1 fully saturated rings. The summed E-state index contributed by atoms with van der Waals surface area (Å²) in [4.78, 5) is 2.40. The first kappa shape index (κ1) is 16.0. The van der Waals surface area contributed by atoms with Crippen LogP contribution in [0.3, 0.4) is 0 Å². The molecule has 0 radical (unpaired) electrons. The molecule has 0 unspecified atom stereocenters. The zero-order valence-electron chi connectivity index (χ0n) is 13.8. The maximum Gasteiger partial charge on any atom is 0.144 e. The van der Waals surface area contributed by atoms with Crippen molar-refractivity contribution < 1.29 is 4.74 Å². The minimum absolute atomic E-state index is 0.133. The number of rotatable bonds is 5. The first-order chi connectivity index (χ1) is 9.89. The van der Waals surface area contributed by atoms with Crippen molar-refractivity contribution >= 4 is 11.4 Å². The number of hydrogen-bond donors (Lipinski definition) is 2. The molecule has 118 valence electrons. The summed E-state index contributed by atoms with van der Waals surface area (Å²) < 4.78 is 5.74. The molecule has 0 spiro atoms. The highest BCUT2D eigenvalue weighted by Crippen LogP contribution is 2.34. The van der Waals surface area contributed by atoms with E-state index < -0.39 is 0 Å². The van der Waals surface area contributed by atoms with Crippen LogP contribution in [0.25, 0.3) is 0 Å². The highest BCUT2D eigenvalue weighted by molar-refractivity contribution is 5.73. The van der Waals surface area contributed by atoms with E-state index >= 15 is 0 Å². The molecule has 1 aliphatic heterocycles. The summed E-state index contributed by atoms with van der Waals surface area (Å²) in [5.74, 6) is 0.767. The zero-order valence-corrected chi connectivity index (χ0v) is 13.8. The molecule has 1 aliphatic rings. The number of benzene rings is 1. The molecule has 4 nitrogen and oxygen atoms in total. The molecule has 0 atom stereocenters. The molecule has 1 heterocycles. The molecule has 4 heteroatoms. The number of likely N-dealkylation sites (tertiary alicyclic amines) is 1. The highest BCUT2D eigenvalue weighted by Gasteiger charge is 2.28. The van der Waals surface area contributed by atoms with Crippen LogP contribution in [-0.2, 0) is 0 Å². The van der Waals surface area contributed by atoms with Gasteiger partial charge in [-0.15, -0.1) is 0 Å². The van der Waals surface area contributed by atoms with Gasteiger partial charge in [0.1, 0.15) is 5.75 Å². The largest absolute Gasteiger partial charge is 0.489 e. The van der Waals surface area contributed by atoms with Crippen LogP contribution in [0.15, 0.2) is 18.2 Å². The zero-order chi connectivity index (χ0) is 15.5. The van der Waals surface area contributed by atoms with E-state index in [-0.39, 0.29) is 6.10 Å².